The van der Waals surface area contributed by atoms with Crippen LogP contribution in [0, 0.1) is 11.8 Å². The van der Waals surface area contributed by atoms with Crippen LogP contribution >= 0.6 is 0 Å². The fourth-order valence-electron chi connectivity index (χ4n) is 2.53. The molecule has 17 heavy (non-hydrogen) atoms. The lowest BCUT2D eigenvalue weighted by Crippen LogP contribution is -2.45. The fourth-order valence-corrected chi connectivity index (χ4v) is 2.53. The van der Waals surface area contributed by atoms with Gasteiger partial charge in [-0.3, -0.25) is 0 Å². The zero-order chi connectivity index (χ0) is 12.1. The van der Waals surface area contributed by atoms with Crippen molar-refractivity contribution in [3.63, 3.8) is 0 Å². The Bertz CT molecular complexity index is 194. The minimum atomic E-state index is 0.502. The number of hydrogen-bond donors (Lipinski definition) is 1. The highest BCUT2D eigenvalue weighted by Crippen LogP contribution is 2.33. The second-order valence-corrected chi connectivity index (χ2v) is 5.82. The van der Waals surface area contributed by atoms with Gasteiger partial charge in [-0.05, 0) is 44.1 Å². The quantitative estimate of drug-likeness (QED) is 0.629. The molecule has 0 heterocycles. The fraction of sp³-hybridized carbons (Fsp3) is 1.00. The number of nitrogens with zero attached hydrogens (tertiary/aromatic N) is 1. The lowest BCUT2D eigenvalue weighted by molar-refractivity contribution is 0.134. The topological polar surface area (TPSA) is 24.5 Å². The SMILES string of the molecule is CCNC(COC)CN(CC1CC1)CC1CC1. The van der Waals surface area contributed by atoms with Crippen molar-refractivity contribution in [2.24, 2.45) is 11.8 Å². The van der Waals surface area contributed by atoms with E-state index >= 15 is 0 Å². The van der Waals surface area contributed by atoms with Crippen LogP contribution in [0.25, 0.3) is 0 Å². The highest BCUT2D eigenvalue weighted by atomic mass is 16.5. The highest BCUT2D eigenvalue weighted by molar-refractivity contribution is 4.84. The molecular weight excluding hydrogens is 212 g/mol. The van der Waals surface area contributed by atoms with Crippen molar-refractivity contribution >= 4 is 0 Å². The Morgan fingerprint density at radius 2 is 1.76 bits per heavy atom. The normalized spacial score (nSPS) is 22.1. The molecule has 2 aliphatic carbocycles. The first-order valence-electron chi connectivity index (χ1n) is 7.26. The van der Waals surface area contributed by atoms with Gasteiger partial charge in [0.2, 0.25) is 0 Å². The van der Waals surface area contributed by atoms with Crippen LogP contribution in [0.5, 0.6) is 0 Å². The molecule has 2 saturated carbocycles. The van der Waals surface area contributed by atoms with E-state index in [-0.39, 0.29) is 0 Å². The van der Waals surface area contributed by atoms with E-state index < -0.39 is 0 Å². The first-order valence-corrected chi connectivity index (χ1v) is 7.26. The van der Waals surface area contributed by atoms with Gasteiger partial charge in [0, 0.05) is 32.8 Å². The molecule has 0 saturated heterocycles. The van der Waals surface area contributed by atoms with Gasteiger partial charge in [-0.25, -0.2) is 0 Å². The minimum absolute atomic E-state index is 0.502. The summed E-state index contributed by atoms with van der Waals surface area (Å²) in [4.78, 5) is 2.68. The molecule has 2 rings (SSSR count). The molecule has 0 spiro atoms. The summed E-state index contributed by atoms with van der Waals surface area (Å²) < 4.78 is 5.31. The van der Waals surface area contributed by atoms with Crippen molar-refractivity contribution in [3.8, 4) is 0 Å². The molecule has 1 N–H and O–H groups in total. The van der Waals surface area contributed by atoms with Gasteiger partial charge in [-0.2, -0.15) is 0 Å². The molecule has 3 heteroatoms. The van der Waals surface area contributed by atoms with Crippen molar-refractivity contribution in [2.75, 3.05) is 39.9 Å². The lowest BCUT2D eigenvalue weighted by Gasteiger charge is -2.27. The van der Waals surface area contributed by atoms with Crippen molar-refractivity contribution in [2.45, 2.75) is 38.6 Å². The van der Waals surface area contributed by atoms with Crippen molar-refractivity contribution in [1.82, 2.24) is 10.2 Å². The zero-order valence-electron chi connectivity index (χ0n) is 11.5. The molecule has 2 aliphatic rings. The van der Waals surface area contributed by atoms with E-state index in [2.05, 4.69) is 17.1 Å². The van der Waals surface area contributed by atoms with Crippen LogP contribution in [0.15, 0.2) is 0 Å². The molecule has 0 aromatic rings. The number of rotatable bonds is 10. The first-order chi connectivity index (χ1) is 8.31. The van der Waals surface area contributed by atoms with Gasteiger partial charge in [-0.1, -0.05) is 6.92 Å². The van der Waals surface area contributed by atoms with Gasteiger partial charge in [0.25, 0.3) is 0 Å². The second-order valence-electron chi connectivity index (χ2n) is 5.82. The minimum Gasteiger partial charge on any atom is -0.383 e. The standard InChI is InChI=1S/C14H28N2O/c1-3-15-14(11-17-2)10-16(8-12-4-5-12)9-13-6-7-13/h12-15H,3-11H2,1-2H3. The maximum Gasteiger partial charge on any atom is 0.0628 e. The summed E-state index contributed by atoms with van der Waals surface area (Å²) in [5.41, 5.74) is 0. The molecule has 0 aromatic heterocycles. The molecule has 0 aliphatic heterocycles. The number of likely N-dealkylation sites (N-methyl/N-ethyl adjacent to an activating group) is 1. The summed E-state index contributed by atoms with van der Waals surface area (Å²) >= 11 is 0. The summed E-state index contributed by atoms with van der Waals surface area (Å²) in [6, 6.07) is 0.502. The molecule has 1 unspecified atom stereocenters. The Morgan fingerprint density at radius 1 is 1.18 bits per heavy atom. The van der Waals surface area contributed by atoms with Gasteiger partial charge < -0.3 is 15.0 Å². The first kappa shape index (κ1) is 13.3. The summed E-state index contributed by atoms with van der Waals surface area (Å²) in [5, 5.41) is 3.53. The molecule has 0 bridgehead atoms. The molecule has 0 aromatic carbocycles. The lowest BCUT2D eigenvalue weighted by atomic mass is 10.2. The maximum atomic E-state index is 5.31. The van der Waals surface area contributed by atoms with Crippen molar-refractivity contribution in [1.29, 1.82) is 0 Å². The third-order valence-electron chi connectivity index (χ3n) is 3.77. The van der Waals surface area contributed by atoms with E-state index in [9.17, 15) is 0 Å². The van der Waals surface area contributed by atoms with Gasteiger partial charge in [0.1, 0.15) is 0 Å². The molecule has 100 valence electrons. The van der Waals surface area contributed by atoms with Gasteiger partial charge in [0.15, 0.2) is 0 Å². The van der Waals surface area contributed by atoms with E-state index in [1.54, 1.807) is 7.11 Å². The monoisotopic (exact) mass is 240 g/mol. The third kappa shape index (κ3) is 5.36. The van der Waals surface area contributed by atoms with E-state index in [0.717, 1.165) is 31.5 Å². The van der Waals surface area contributed by atoms with E-state index in [0.29, 0.717) is 6.04 Å². The smallest absolute Gasteiger partial charge is 0.0628 e. The maximum absolute atomic E-state index is 5.31. The number of methoxy groups -OCH3 is 1. The Kier molecular flexibility index (Phi) is 5.26. The number of ether oxygens (including phenoxy) is 1. The van der Waals surface area contributed by atoms with Crippen LogP contribution < -0.4 is 5.32 Å². The van der Waals surface area contributed by atoms with Crippen LogP contribution in [0.4, 0.5) is 0 Å². The Balaban J connectivity index is 1.74. The molecule has 3 nitrogen and oxygen atoms in total. The third-order valence-corrected chi connectivity index (χ3v) is 3.77. The summed E-state index contributed by atoms with van der Waals surface area (Å²) in [6.45, 7) is 7.85. The van der Waals surface area contributed by atoms with Crippen LogP contribution in [-0.2, 0) is 4.74 Å². The predicted octanol–water partition coefficient (Wildman–Crippen LogP) is 1.73. The second kappa shape index (κ2) is 6.72. The number of nitrogens with one attached hydrogen (secondary N) is 1. The Labute approximate surface area is 106 Å². The van der Waals surface area contributed by atoms with Gasteiger partial charge >= 0.3 is 0 Å². The van der Waals surface area contributed by atoms with Crippen molar-refractivity contribution in [3.05, 3.63) is 0 Å². The van der Waals surface area contributed by atoms with Crippen molar-refractivity contribution < 1.29 is 4.74 Å². The molecular formula is C14H28N2O. The molecule has 1 atom stereocenters. The van der Waals surface area contributed by atoms with Crippen LogP contribution in [-0.4, -0.2) is 50.8 Å². The van der Waals surface area contributed by atoms with E-state index in [1.807, 2.05) is 0 Å². The Morgan fingerprint density at radius 3 is 2.18 bits per heavy atom. The van der Waals surface area contributed by atoms with Gasteiger partial charge in [0.05, 0.1) is 6.61 Å². The number of hydrogen-bond acceptors (Lipinski definition) is 3. The van der Waals surface area contributed by atoms with Gasteiger partial charge in [-0.15, -0.1) is 0 Å². The summed E-state index contributed by atoms with van der Waals surface area (Å²) in [7, 11) is 1.80. The van der Waals surface area contributed by atoms with Crippen LogP contribution in [0.2, 0.25) is 0 Å². The predicted molar refractivity (Wildman–Crippen MR) is 71.2 cm³/mol. The zero-order valence-corrected chi connectivity index (χ0v) is 11.5. The largest absolute Gasteiger partial charge is 0.383 e. The average molecular weight is 240 g/mol. The Hall–Kier alpha value is -0.120. The molecule has 0 radical (unpaired) electrons. The molecule has 2 fully saturated rings. The molecule has 0 amide bonds. The average Bonchev–Trinajstić information content (AvgIpc) is 3.14. The van der Waals surface area contributed by atoms with Crippen LogP contribution in [0.1, 0.15) is 32.6 Å². The van der Waals surface area contributed by atoms with E-state index in [4.69, 9.17) is 4.74 Å². The van der Waals surface area contributed by atoms with E-state index in [1.165, 1.54) is 38.8 Å². The summed E-state index contributed by atoms with van der Waals surface area (Å²) in [5.74, 6) is 2.00. The summed E-state index contributed by atoms with van der Waals surface area (Å²) in [6.07, 6.45) is 5.82. The highest BCUT2D eigenvalue weighted by Gasteiger charge is 2.30. The van der Waals surface area contributed by atoms with Crippen LogP contribution in [0.3, 0.4) is 0 Å².